The summed E-state index contributed by atoms with van der Waals surface area (Å²) >= 11 is 0. The Bertz CT molecular complexity index is 1320. The Morgan fingerprint density at radius 1 is 1.00 bits per heavy atom. The molecule has 2 aromatic heterocycles. The maximum atomic E-state index is 14.1. The fourth-order valence-corrected chi connectivity index (χ4v) is 4.47. The molecule has 1 atom stereocenters. The molecule has 170 valence electrons. The first kappa shape index (κ1) is 21.3. The van der Waals surface area contributed by atoms with Gasteiger partial charge in [0.1, 0.15) is 11.6 Å². The monoisotopic (exact) mass is 446 g/mol. The molecule has 1 unspecified atom stereocenters. The first-order valence-corrected chi connectivity index (χ1v) is 11.3. The van der Waals surface area contributed by atoms with E-state index in [1.165, 1.54) is 16.3 Å². The first-order valence-electron chi connectivity index (χ1n) is 11.3. The molecular formula is C25H27FN6O. The van der Waals surface area contributed by atoms with Crippen molar-refractivity contribution in [1.82, 2.24) is 24.5 Å². The summed E-state index contributed by atoms with van der Waals surface area (Å²) in [7, 11) is 0. The number of hydrogen-bond acceptors (Lipinski definition) is 5. The summed E-state index contributed by atoms with van der Waals surface area (Å²) in [6.07, 6.45) is 0.193. The molecule has 1 N–H and O–H groups in total. The Hall–Kier alpha value is -3.52. The Morgan fingerprint density at radius 3 is 2.42 bits per heavy atom. The molecular weight excluding hydrogens is 419 g/mol. The van der Waals surface area contributed by atoms with Gasteiger partial charge in [0.2, 0.25) is 0 Å². The lowest BCUT2D eigenvalue weighted by Crippen LogP contribution is -2.47. The second-order valence-electron chi connectivity index (χ2n) is 8.53. The highest BCUT2D eigenvalue weighted by Crippen LogP contribution is 2.22. The van der Waals surface area contributed by atoms with Gasteiger partial charge in [0.15, 0.2) is 0 Å². The average molecular weight is 447 g/mol. The van der Waals surface area contributed by atoms with Crippen LogP contribution >= 0.6 is 0 Å². The topological polar surface area (TPSA) is 69.5 Å². The highest BCUT2D eigenvalue weighted by Gasteiger charge is 2.25. The smallest absolute Gasteiger partial charge is 0.277 e. The second-order valence-corrected chi connectivity index (χ2v) is 8.53. The number of rotatable bonds is 5. The van der Waals surface area contributed by atoms with Gasteiger partial charge in [-0.1, -0.05) is 36.4 Å². The number of piperazine rings is 1. The third-order valence-electron chi connectivity index (χ3n) is 6.52. The fourth-order valence-electron chi connectivity index (χ4n) is 4.47. The van der Waals surface area contributed by atoms with Gasteiger partial charge in [-0.2, -0.15) is 9.50 Å². The lowest BCUT2D eigenvalue weighted by molar-refractivity contribution is 0.192. The third kappa shape index (κ3) is 4.14. The van der Waals surface area contributed by atoms with E-state index in [1.54, 1.807) is 25.1 Å². The molecule has 5 rings (SSSR count). The molecule has 2 aromatic carbocycles. The van der Waals surface area contributed by atoms with Crippen LogP contribution in [-0.4, -0.2) is 50.7 Å². The van der Waals surface area contributed by atoms with Crippen LogP contribution in [0.3, 0.4) is 0 Å². The number of aromatic amines is 1. The van der Waals surface area contributed by atoms with E-state index in [4.69, 9.17) is 0 Å². The molecule has 0 bridgehead atoms. The van der Waals surface area contributed by atoms with Crippen molar-refractivity contribution in [3.8, 4) is 0 Å². The van der Waals surface area contributed by atoms with E-state index in [0.29, 0.717) is 28.4 Å². The van der Waals surface area contributed by atoms with Gasteiger partial charge in [0, 0.05) is 43.9 Å². The zero-order valence-electron chi connectivity index (χ0n) is 18.8. The number of nitrogens with zero attached hydrogens (tertiary/aromatic N) is 5. The number of anilines is 1. The van der Waals surface area contributed by atoms with Crippen LogP contribution in [-0.2, 0) is 6.42 Å². The number of para-hydroxylation sites is 1. The minimum Gasteiger partial charge on any atom is -0.369 e. The zero-order chi connectivity index (χ0) is 22.9. The highest BCUT2D eigenvalue weighted by atomic mass is 19.1. The van der Waals surface area contributed by atoms with E-state index in [-0.39, 0.29) is 23.8 Å². The Morgan fingerprint density at radius 2 is 1.70 bits per heavy atom. The van der Waals surface area contributed by atoms with Gasteiger partial charge >= 0.3 is 0 Å². The van der Waals surface area contributed by atoms with Crippen LogP contribution in [0.15, 0.2) is 59.4 Å². The van der Waals surface area contributed by atoms with E-state index in [1.807, 2.05) is 6.07 Å². The fraction of sp³-hybridized carbons (Fsp3) is 0.320. The van der Waals surface area contributed by atoms with E-state index in [9.17, 15) is 9.18 Å². The molecule has 1 aliphatic rings. The molecule has 0 radical (unpaired) electrons. The summed E-state index contributed by atoms with van der Waals surface area (Å²) in [5.74, 6) is 0.727. The Balaban J connectivity index is 1.37. The number of H-pyrrole nitrogens is 1. The molecule has 0 aliphatic carbocycles. The molecule has 1 aliphatic heterocycles. The van der Waals surface area contributed by atoms with E-state index < -0.39 is 0 Å². The molecule has 3 heterocycles. The summed E-state index contributed by atoms with van der Waals surface area (Å²) in [6, 6.07) is 16.9. The van der Waals surface area contributed by atoms with Crippen LogP contribution in [0.5, 0.6) is 0 Å². The average Bonchev–Trinajstić information content (AvgIpc) is 3.27. The molecule has 1 saturated heterocycles. The number of fused-ring (bicyclic) bond motifs is 1. The van der Waals surface area contributed by atoms with Crippen molar-refractivity contribution in [2.75, 3.05) is 31.1 Å². The summed E-state index contributed by atoms with van der Waals surface area (Å²) in [6.45, 7) is 7.52. The van der Waals surface area contributed by atoms with E-state index in [0.717, 1.165) is 26.2 Å². The van der Waals surface area contributed by atoms with Gasteiger partial charge in [-0.05, 0) is 37.6 Å². The van der Waals surface area contributed by atoms with E-state index >= 15 is 0 Å². The van der Waals surface area contributed by atoms with Gasteiger partial charge in [-0.3, -0.25) is 14.8 Å². The minimum absolute atomic E-state index is 0.0133. The molecule has 0 saturated carbocycles. The standard InChI is InChI=1S/C25H27FN6O/c1-17-21(16-19-8-6-7-11-22(19)26)24(33)32-25(27-17)28-23(29-32)18(2)30-12-14-31(15-13-30)20-9-4-3-5-10-20/h3-11,18H,12-16H2,1-2H3,(H,27,28,29). The van der Waals surface area contributed by atoms with Gasteiger partial charge in [-0.25, -0.2) is 9.37 Å². The summed E-state index contributed by atoms with van der Waals surface area (Å²) in [5, 5.41) is 3.15. The number of aromatic nitrogens is 4. The van der Waals surface area contributed by atoms with Crippen molar-refractivity contribution < 1.29 is 4.39 Å². The molecule has 33 heavy (non-hydrogen) atoms. The van der Waals surface area contributed by atoms with Crippen LogP contribution in [0.1, 0.15) is 35.6 Å². The zero-order valence-corrected chi connectivity index (χ0v) is 18.8. The molecule has 4 aromatic rings. The Labute approximate surface area is 191 Å². The number of halogens is 1. The predicted molar refractivity (Wildman–Crippen MR) is 126 cm³/mol. The van der Waals surface area contributed by atoms with Gasteiger partial charge in [-0.15, -0.1) is 0 Å². The highest BCUT2D eigenvalue weighted by molar-refractivity contribution is 5.46. The molecule has 7 nitrogen and oxygen atoms in total. The van der Waals surface area contributed by atoms with Crippen LogP contribution in [0.4, 0.5) is 10.1 Å². The van der Waals surface area contributed by atoms with Gasteiger partial charge in [0.25, 0.3) is 11.3 Å². The van der Waals surface area contributed by atoms with Crippen LogP contribution in [0.25, 0.3) is 5.78 Å². The SMILES string of the molecule is Cc1nc2nc(C(C)N3CCN(c4ccccc4)CC3)[nH]n2c(=O)c1Cc1ccccc1F. The number of aryl methyl sites for hydroxylation is 1. The lowest BCUT2D eigenvalue weighted by Gasteiger charge is -2.38. The van der Waals surface area contributed by atoms with Crippen LogP contribution in [0.2, 0.25) is 0 Å². The molecule has 1 fully saturated rings. The summed E-state index contributed by atoms with van der Waals surface area (Å²) in [4.78, 5) is 27.1. The first-order chi connectivity index (χ1) is 16.0. The maximum Gasteiger partial charge on any atom is 0.277 e. The van der Waals surface area contributed by atoms with Crippen molar-refractivity contribution in [1.29, 1.82) is 0 Å². The number of benzene rings is 2. The van der Waals surface area contributed by atoms with E-state index in [2.05, 4.69) is 56.1 Å². The lowest BCUT2D eigenvalue weighted by atomic mass is 10.0. The van der Waals surface area contributed by atoms with Crippen molar-refractivity contribution in [3.05, 3.63) is 93.4 Å². The predicted octanol–water partition coefficient (Wildman–Crippen LogP) is 3.34. The van der Waals surface area contributed by atoms with Crippen molar-refractivity contribution in [2.24, 2.45) is 0 Å². The molecule has 0 amide bonds. The van der Waals surface area contributed by atoms with Gasteiger partial charge in [0.05, 0.1) is 11.7 Å². The van der Waals surface area contributed by atoms with Crippen LogP contribution in [0, 0.1) is 12.7 Å². The van der Waals surface area contributed by atoms with Gasteiger partial charge < -0.3 is 4.90 Å². The molecule has 0 spiro atoms. The number of nitrogens with one attached hydrogen (secondary N) is 1. The second kappa shape index (κ2) is 8.78. The minimum atomic E-state index is -0.324. The maximum absolute atomic E-state index is 14.1. The third-order valence-corrected chi connectivity index (χ3v) is 6.52. The quantitative estimate of drug-likeness (QED) is 0.509. The number of hydrogen-bond donors (Lipinski definition) is 1. The summed E-state index contributed by atoms with van der Waals surface area (Å²) in [5.41, 5.74) is 2.52. The Kier molecular flexibility index (Phi) is 5.68. The van der Waals surface area contributed by atoms with Crippen molar-refractivity contribution in [3.63, 3.8) is 0 Å². The van der Waals surface area contributed by atoms with Crippen molar-refractivity contribution >= 4 is 11.5 Å². The molecule has 8 heteroatoms. The normalized spacial score (nSPS) is 15.8. The largest absolute Gasteiger partial charge is 0.369 e. The summed E-state index contributed by atoms with van der Waals surface area (Å²) < 4.78 is 15.5. The van der Waals surface area contributed by atoms with Crippen LogP contribution < -0.4 is 10.5 Å². The van der Waals surface area contributed by atoms with Crippen molar-refractivity contribution in [2.45, 2.75) is 26.3 Å².